The van der Waals surface area contributed by atoms with Gasteiger partial charge in [-0.1, -0.05) is 12.1 Å². The van der Waals surface area contributed by atoms with Crippen LogP contribution in [0.1, 0.15) is 0 Å². The maximum Gasteiger partial charge on any atom is 0.573 e. The van der Waals surface area contributed by atoms with E-state index in [4.69, 9.17) is 5.14 Å². The smallest absolute Gasteiger partial charge is 0.404 e. The molecule has 8 heteroatoms. The molecular formula is C7H4F3NO3S. The Hall–Kier alpha value is -1.28. The summed E-state index contributed by atoms with van der Waals surface area (Å²) in [6.07, 6.45) is -5.01. The van der Waals surface area contributed by atoms with Crippen molar-refractivity contribution >= 4 is 10.0 Å². The molecule has 0 spiro atoms. The molecule has 0 aliphatic rings. The molecule has 1 aromatic carbocycles. The Labute approximate surface area is 83.5 Å². The van der Waals surface area contributed by atoms with Crippen LogP contribution < -0.4 is 9.88 Å². The third kappa shape index (κ3) is 3.40. The van der Waals surface area contributed by atoms with E-state index in [0.29, 0.717) is 0 Å². The van der Waals surface area contributed by atoms with E-state index in [9.17, 15) is 21.6 Å². The van der Waals surface area contributed by atoms with Crippen molar-refractivity contribution in [1.29, 1.82) is 0 Å². The van der Waals surface area contributed by atoms with Crippen molar-refractivity contribution in [3.05, 3.63) is 24.3 Å². The number of alkyl halides is 3. The molecule has 4 nitrogen and oxygen atoms in total. The van der Waals surface area contributed by atoms with Crippen LogP contribution in [0, 0.1) is 0 Å². The molecule has 1 aromatic rings. The minimum atomic E-state index is -5.01. The molecule has 0 amide bonds. The Morgan fingerprint density at radius 3 is 2.20 bits per heavy atom. The predicted molar refractivity (Wildman–Crippen MR) is 42.4 cm³/mol. The highest BCUT2D eigenvalue weighted by molar-refractivity contribution is 7.89. The molecule has 0 aliphatic carbocycles. The molecular weight excluding hydrogens is 235 g/mol. The van der Waals surface area contributed by atoms with Gasteiger partial charge in [0.05, 0.1) is 0 Å². The Bertz CT molecular complexity index is 455. The second-order valence-corrected chi connectivity index (χ2v) is 3.86. The van der Waals surface area contributed by atoms with Gasteiger partial charge < -0.3 is 4.74 Å². The number of para-hydroxylation sites is 1. The fraction of sp³-hybridized carbons (Fsp3) is 0.143. The van der Waals surface area contributed by atoms with Crippen molar-refractivity contribution in [3.8, 4) is 5.75 Å². The van der Waals surface area contributed by atoms with Crippen molar-refractivity contribution in [2.45, 2.75) is 11.3 Å². The normalized spacial score (nSPS) is 12.5. The lowest BCUT2D eigenvalue weighted by molar-refractivity contribution is -0.275. The average molecular weight is 239 g/mol. The van der Waals surface area contributed by atoms with Gasteiger partial charge >= 0.3 is 6.36 Å². The molecule has 0 aliphatic heterocycles. The molecule has 0 unspecified atom stereocenters. The first-order valence-corrected chi connectivity index (χ1v) is 4.96. The Morgan fingerprint density at radius 2 is 1.73 bits per heavy atom. The highest BCUT2D eigenvalue weighted by Crippen LogP contribution is 2.28. The number of ether oxygens (including phenoxy) is 1. The Morgan fingerprint density at radius 1 is 1.20 bits per heavy atom. The van der Waals surface area contributed by atoms with Crippen LogP contribution in [0.2, 0.25) is 0 Å². The van der Waals surface area contributed by atoms with Crippen molar-refractivity contribution < 1.29 is 26.3 Å². The highest BCUT2D eigenvalue weighted by Gasteiger charge is 2.33. The van der Waals surface area contributed by atoms with Crippen LogP contribution in [0.15, 0.2) is 29.2 Å². The van der Waals surface area contributed by atoms with Crippen LogP contribution in [-0.2, 0) is 10.0 Å². The molecule has 2 radical (unpaired) electrons. The second-order valence-electron chi connectivity index (χ2n) is 2.47. The van der Waals surface area contributed by atoms with Gasteiger partial charge in [-0.25, -0.2) is 8.42 Å². The SMILES string of the molecule is [N]S(=O)(=O)c1ccccc1OC(F)(F)F. The summed E-state index contributed by atoms with van der Waals surface area (Å²) in [5, 5.41) is 8.59. The van der Waals surface area contributed by atoms with E-state index in [1.54, 1.807) is 0 Å². The quantitative estimate of drug-likeness (QED) is 0.782. The maximum atomic E-state index is 11.8. The molecule has 0 aromatic heterocycles. The molecule has 0 saturated carbocycles. The van der Waals surface area contributed by atoms with E-state index in [0.717, 1.165) is 24.3 Å². The number of hydrogen-bond donors (Lipinski definition) is 0. The molecule has 0 heterocycles. The summed E-state index contributed by atoms with van der Waals surface area (Å²) >= 11 is 0. The van der Waals surface area contributed by atoms with Gasteiger partial charge in [0.25, 0.3) is 10.0 Å². The number of nitrogens with zero attached hydrogens (tertiary/aromatic N) is 1. The summed E-state index contributed by atoms with van der Waals surface area (Å²) < 4.78 is 60.1. The number of rotatable bonds is 2. The predicted octanol–water partition coefficient (Wildman–Crippen LogP) is 1.34. The fourth-order valence-electron chi connectivity index (χ4n) is 0.872. The van der Waals surface area contributed by atoms with Gasteiger partial charge in [-0.15, -0.1) is 13.2 Å². The van der Waals surface area contributed by atoms with Crippen molar-refractivity contribution in [1.82, 2.24) is 5.14 Å². The van der Waals surface area contributed by atoms with Crippen molar-refractivity contribution in [3.63, 3.8) is 0 Å². The summed E-state index contributed by atoms with van der Waals surface area (Å²) in [5.74, 6) is -0.965. The van der Waals surface area contributed by atoms with E-state index in [1.165, 1.54) is 0 Å². The van der Waals surface area contributed by atoms with Gasteiger partial charge in [0.2, 0.25) is 0 Å². The van der Waals surface area contributed by atoms with E-state index in [-0.39, 0.29) is 0 Å². The van der Waals surface area contributed by atoms with Gasteiger partial charge in [0.15, 0.2) is 0 Å². The van der Waals surface area contributed by atoms with E-state index >= 15 is 0 Å². The fourth-order valence-corrected chi connectivity index (χ4v) is 1.49. The number of halogens is 3. The zero-order valence-corrected chi connectivity index (χ0v) is 7.84. The van der Waals surface area contributed by atoms with Crippen LogP contribution >= 0.6 is 0 Å². The number of hydrogen-bond acceptors (Lipinski definition) is 3. The van der Waals surface area contributed by atoms with Crippen LogP contribution in [0.25, 0.3) is 0 Å². The van der Waals surface area contributed by atoms with Crippen LogP contribution in [-0.4, -0.2) is 14.8 Å². The first-order valence-electron chi connectivity index (χ1n) is 3.52. The molecule has 0 atom stereocenters. The second kappa shape index (κ2) is 3.70. The van der Waals surface area contributed by atoms with Crippen molar-refractivity contribution in [2.75, 3.05) is 0 Å². The highest BCUT2D eigenvalue weighted by atomic mass is 32.2. The minimum absolute atomic E-state index is 0.788. The molecule has 82 valence electrons. The Balaban J connectivity index is 3.20. The molecule has 0 saturated heterocycles. The minimum Gasteiger partial charge on any atom is -0.404 e. The lowest BCUT2D eigenvalue weighted by Gasteiger charge is -2.10. The zero-order chi connectivity index (χ0) is 11.7. The summed E-state index contributed by atoms with van der Waals surface area (Å²) in [7, 11) is -4.73. The Kier molecular flexibility index (Phi) is 2.91. The van der Waals surface area contributed by atoms with Crippen molar-refractivity contribution in [2.24, 2.45) is 0 Å². The van der Waals surface area contributed by atoms with Crippen LogP contribution in [0.3, 0.4) is 0 Å². The summed E-state index contributed by atoms with van der Waals surface area (Å²) in [4.78, 5) is -0.928. The third-order valence-corrected chi connectivity index (χ3v) is 2.25. The van der Waals surface area contributed by atoms with Gasteiger partial charge in [-0.2, -0.15) is 0 Å². The standard InChI is InChI=1S/C7H4F3NO3S/c8-7(9,10)14-5-3-1-2-4-6(5)15(11,12)13/h1-4H. The maximum absolute atomic E-state index is 11.8. The van der Waals surface area contributed by atoms with E-state index in [1.807, 2.05) is 0 Å². The molecule has 1 rings (SSSR count). The van der Waals surface area contributed by atoms with E-state index in [2.05, 4.69) is 4.74 Å². The van der Waals surface area contributed by atoms with Gasteiger partial charge in [0, 0.05) is 5.14 Å². The number of benzene rings is 1. The topological polar surface area (TPSA) is 65.7 Å². The lowest BCUT2D eigenvalue weighted by atomic mass is 10.3. The van der Waals surface area contributed by atoms with Crippen LogP contribution in [0.5, 0.6) is 5.75 Å². The monoisotopic (exact) mass is 239 g/mol. The average Bonchev–Trinajstić information content (AvgIpc) is 1.99. The molecule has 0 N–H and O–H groups in total. The summed E-state index contributed by atoms with van der Waals surface area (Å²) in [6.45, 7) is 0. The largest absolute Gasteiger partial charge is 0.573 e. The first kappa shape index (κ1) is 11.8. The summed E-state index contributed by atoms with van der Waals surface area (Å²) in [5.41, 5.74) is 0. The summed E-state index contributed by atoms with van der Waals surface area (Å²) in [6, 6.07) is 3.90. The van der Waals surface area contributed by atoms with Gasteiger partial charge in [-0.3, -0.25) is 0 Å². The van der Waals surface area contributed by atoms with Crippen LogP contribution in [0.4, 0.5) is 13.2 Å². The third-order valence-electron chi connectivity index (χ3n) is 1.35. The van der Waals surface area contributed by atoms with Gasteiger partial charge in [-0.05, 0) is 12.1 Å². The van der Waals surface area contributed by atoms with E-state index < -0.39 is 27.0 Å². The zero-order valence-electron chi connectivity index (χ0n) is 7.02. The first-order chi connectivity index (χ1) is 6.70. The molecule has 0 bridgehead atoms. The molecule has 0 fully saturated rings. The lowest BCUT2D eigenvalue weighted by Crippen LogP contribution is -2.19. The number of sulfonamides is 1. The molecule has 15 heavy (non-hydrogen) atoms. The van der Waals surface area contributed by atoms with Gasteiger partial charge in [0.1, 0.15) is 10.6 Å².